The van der Waals surface area contributed by atoms with Gasteiger partial charge in [-0.3, -0.25) is 9.20 Å². The smallest absolute Gasteiger partial charge is 0.337 e. The molecule has 0 spiro atoms. The molecule has 0 aliphatic carbocycles. The number of nitrogens with one attached hydrogen (secondary N) is 1. The lowest BCUT2D eigenvalue weighted by atomic mass is 9.82. The number of fused-ring (bicyclic) bond motifs is 1. The normalized spacial score (nSPS) is 16.4. The molecule has 4 rings (SSSR count). The second kappa shape index (κ2) is 10.6. The molecule has 1 saturated heterocycles. The van der Waals surface area contributed by atoms with Gasteiger partial charge in [-0.1, -0.05) is 26.0 Å². The number of hydrogen-bond donors (Lipinski definition) is 2. The molecular weight excluding hydrogens is 499 g/mol. The third-order valence-corrected chi connectivity index (χ3v) is 7.26. The predicted octanol–water partition coefficient (Wildman–Crippen LogP) is 5.59. The average molecular weight is 539 g/mol. The summed E-state index contributed by atoms with van der Waals surface area (Å²) in [6.45, 7) is 15.2. The van der Waals surface area contributed by atoms with Gasteiger partial charge in [0.1, 0.15) is 23.0 Å². The minimum Gasteiger partial charge on any atom is -0.479 e. The molecule has 1 fully saturated rings. The summed E-state index contributed by atoms with van der Waals surface area (Å²) >= 11 is 0. The zero-order valence-electron chi connectivity index (χ0n) is 23.9. The maximum absolute atomic E-state index is 13.6. The number of rotatable bonds is 7. The average Bonchev–Trinajstić information content (AvgIpc) is 3.25. The number of carbonyl (C=O) groups is 2. The summed E-state index contributed by atoms with van der Waals surface area (Å²) < 4.78 is 21.5. The zero-order valence-corrected chi connectivity index (χ0v) is 23.9. The van der Waals surface area contributed by atoms with Crippen LogP contribution in [0.15, 0.2) is 30.5 Å². The highest BCUT2D eigenvalue weighted by Gasteiger charge is 2.35. The Morgan fingerprint density at radius 1 is 1.15 bits per heavy atom. The van der Waals surface area contributed by atoms with Gasteiger partial charge in [-0.05, 0) is 81.7 Å². The van der Waals surface area contributed by atoms with Gasteiger partial charge >= 0.3 is 5.97 Å². The number of ether oxygens (including phenoxy) is 1. The number of carbonyl (C=O) groups excluding carboxylic acids is 1. The maximum Gasteiger partial charge on any atom is 0.337 e. The molecule has 0 radical (unpaired) electrons. The van der Waals surface area contributed by atoms with Crippen molar-refractivity contribution < 1.29 is 23.8 Å². The maximum atomic E-state index is 13.6. The van der Waals surface area contributed by atoms with Gasteiger partial charge in [-0.15, -0.1) is 0 Å². The van der Waals surface area contributed by atoms with Gasteiger partial charge in [0, 0.05) is 31.4 Å². The third-order valence-electron chi connectivity index (χ3n) is 7.26. The fourth-order valence-electron chi connectivity index (χ4n) is 5.00. The molecule has 1 unspecified atom stereocenters. The number of aliphatic carboxylic acids is 1. The first kappa shape index (κ1) is 28.5. The van der Waals surface area contributed by atoms with E-state index in [1.54, 1.807) is 31.3 Å². The topological polar surface area (TPSA) is 96.2 Å². The number of benzene rings is 1. The third kappa shape index (κ3) is 6.41. The van der Waals surface area contributed by atoms with E-state index in [0.717, 1.165) is 37.1 Å². The molecule has 3 heterocycles. The van der Waals surface area contributed by atoms with Gasteiger partial charge in [0.05, 0.1) is 5.60 Å². The van der Waals surface area contributed by atoms with Crippen LogP contribution < -0.4 is 10.2 Å². The summed E-state index contributed by atoms with van der Waals surface area (Å²) in [5, 5.41) is 13.1. The minimum atomic E-state index is -1.19. The monoisotopic (exact) mass is 538 g/mol. The number of imidazole rings is 1. The lowest BCUT2D eigenvalue weighted by molar-refractivity contribution is -0.160. The number of anilines is 1. The Bertz CT molecular complexity index is 1400. The number of carboxylic acids is 1. The number of piperidine rings is 1. The molecule has 210 valence electrons. The molecule has 2 N–H and O–H groups in total. The van der Waals surface area contributed by atoms with Crippen LogP contribution in [0.2, 0.25) is 0 Å². The molecule has 8 nitrogen and oxygen atoms in total. The summed E-state index contributed by atoms with van der Waals surface area (Å²) in [6, 6.07) is 6.52. The number of pyridine rings is 1. The summed E-state index contributed by atoms with van der Waals surface area (Å²) in [4.78, 5) is 32.4. The van der Waals surface area contributed by atoms with Crippen molar-refractivity contribution in [3.63, 3.8) is 0 Å². The quantitative estimate of drug-likeness (QED) is 0.407. The van der Waals surface area contributed by atoms with Gasteiger partial charge in [0.15, 0.2) is 6.10 Å². The van der Waals surface area contributed by atoms with E-state index in [1.807, 2.05) is 32.1 Å². The number of carboxylic acid groups (broad SMARTS) is 1. The molecule has 0 saturated carbocycles. The highest BCUT2D eigenvalue weighted by molar-refractivity contribution is 5.93. The first-order valence-corrected chi connectivity index (χ1v) is 13.4. The summed E-state index contributed by atoms with van der Waals surface area (Å²) in [5.41, 5.74) is 2.86. The zero-order chi connectivity index (χ0) is 28.7. The lowest BCUT2D eigenvalue weighted by Gasteiger charge is -2.40. The van der Waals surface area contributed by atoms with E-state index in [0.29, 0.717) is 22.6 Å². The molecule has 1 amide bonds. The molecule has 0 bridgehead atoms. The summed E-state index contributed by atoms with van der Waals surface area (Å²) in [6.07, 6.45) is 2.35. The van der Waals surface area contributed by atoms with Crippen molar-refractivity contribution >= 4 is 23.3 Å². The van der Waals surface area contributed by atoms with E-state index in [9.17, 15) is 19.1 Å². The molecular formula is C30H39FN4O4. The fourth-order valence-corrected chi connectivity index (χ4v) is 5.00. The van der Waals surface area contributed by atoms with E-state index in [2.05, 4.69) is 29.0 Å². The molecule has 3 aromatic rings. The van der Waals surface area contributed by atoms with Crippen molar-refractivity contribution in [3.05, 3.63) is 64.2 Å². The van der Waals surface area contributed by atoms with Crippen LogP contribution in [0.3, 0.4) is 0 Å². The van der Waals surface area contributed by atoms with E-state index in [1.165, 1.54) is 6.07 Å². The number of halogens is 1. The van der Waals surface area contributed by atoms with E-state index in [-0.39, 0.29) is 29.4 Å². The van der Waals surface area contributed by atoms with Crippen molar-refractivity contribution in [1.29, 1.82) is 0 Å². The van der Waals surface area contributed by atoms with Crippen LogP contribution in [0.1, 0.15) is 86.3 Å². The number of aromatic nitrogens is 2. The Labute approximate surface area is 229 Å². The van der Waals surface area contributed by atoms with Crippen LogP contribution in [-0.2, 0) is 16.1 Å². The molecule has 1 aliphatic heterocycles. The van der Waals surface area contributed by atoms with Crippen molar-refractivity contribution in [2.45, 2.75) is 79.6 Å². The number of amides is 1. The SMILES string of the molecule is Cc1cc(CNC(=O)c2cn3c(N4CCC(C)(C)CC4)c(C(OC(C)(C)C)C(=O)O)c(C)cc3n2)ccc1F. The lowest BCUT2D eigenvalue weighted by Crippen LogP contribution is -2.40. The van der Waals surface area contributed by atoms with Crippen molar-refractivity contribution in [3.8, 4) is 0 Å². The molecule has 1 aliphatic rings. The van der Waals surface area contributed by atoms with Crippen LogP contribution in [-0.4, -0.2) is 45.1 Å². The predicted molar refractivity (Wildman–Crippen MR) is 149 cm³/mol. The Balaban J connectivity index is 1.76. The van der Waals surface area contributed by atoms with Gasteiger partial charge < -0.3 is 20.1 Å². The highest BCUT2D eigenvalue weighted by Crippen LogP contribution is 2.39. The van der Waals surface area contributed by atoms with Crippen LogP contribution in [0.25, 0.3) is 5.65 Å². The number of aryl methyl sites for hydroxylation is 2. The number of hydrogen-bond acceptors (Lipinski definition) is 5. The summed E-state index contributed by atoms with van der Waals surface area (Å²) in [5.74, 6) is -1.04. The molecule has 9 heteroatoms. The Kier molecular flexibility index (Phi) is 7.76. The minimum absolute atomic E-state index is 0.187. The Hall–Kier alpha value is -3.46. The van der Waals surface area contributed by atoms with E-state index >= 15 is 0 Å². The van der Waals surface area contributed by atoms with Crippen LogP contribution >= 0.6 is 0 Å². The largest absolute Gasteiger partial charge is 0.479 e. The second-order valence-electron chi connectivity index (χ2n) is 12.3. The van der Waals surface area contributed by atoms with Gasteiger partial charge in [-0.2, -0.15) is 0 Å². The van der Waals surface area contributed by atoms with Crippen LogP contribution in [0.4, 0.5) is 10.2 Å². The van der Waals surface area contributed by atoms with Crippen molar-refractivity contribution in [2.24, 2.45) is 5.41 Å². The first-order valence-electron chi connectivity index (χ1n) is 13.4. The molecule has 2 aromatic heterocycles. The van der Waals surface area contributed by atoms with E-state index in [4.69, 9.17) is 4.74 Å². The molecule has 1 atom stereocenters. The highest BCUT2D eigenvalue weighted by atomic mass is 19.1. The van der Waals surface area contributed by atoms with Crippen molar-refractivity contribution in [1.82, 2.24) is 14.7 Å². The Morgan fingerprint density at radius 3 is 2.41 bits per heavy atom. The van der Waals surface area contributed by atoms with Gasteiger partial charge in [0.25, 0.3) is 5.91 Å². The van der Waals surface area contributed by atoms with E-state index < -0.39 is 17.7 Å². The summed E-state index contributed by atoms with van der Waals surface area (Å²) in [7, 11) is 0. The molecule has 39 heavy (non-hydrogen) atoms. The van der Waals surface area contributed by atoms with Gasteiger partial charge in [0.2, 0.25) is 0 Å². The molecule has 1 aromatic carbocycles. The van der Waals surface area contributed by atoms with Gasteiger partial charge in [-0.25, -0.2) is 14.2 Å². The van der Waals surface area contributed by atoms with Crippen molar-refractivity contribution in [2.75, 3.05) is 18.0 Å². The number of nitrogens with zero attached hydrogens (tertiary/aromatic N) is 3. The van der Waals surface area contributed by atoms with Crippen LogP contribution in [0.5, 0.6) is 0 Å². The second-order valence-corrected chi connectivity index (χ2v) is 12.3. The van der Waals surface area contributed by atoms with Crippen LogP contribution in [0, 0.1) is 25.1 Å². The first-order chi connectivity index (χ1) is 18.1. The standard InChI is InChI=1S/C30H39FN4O4/c1-18-14-20(8-9-21(18)31)16-32-26(36)22-17-35-23(33-22)15-19(2)24(25(28(37)38)39-29(3,4)5)27(35)34-12-10-30(6,7)11-13-34/h8-9,14-15,17,25H,10-13,16H2,1-7H3,(H,32,36)(H,37,38). The Morgan fingerprint density at radius 2 is 1.82 bits per heavy atom. The fraction of sp³-hybridized carbons (Fsp3) is 0.500.